The molecule has 1 aliphatic heterocycles. The molecule has 4 N–H and O–H groups in total. The molecule has 43 heavy (non-hydrogen) atoms. The molecule has 1 heterocycles. The number of likely N-dealkylation sites (N-methyl/N-ethyl adjacent to an activating group) is 3. The van der Waals surface area contributed by atoms with Gasteiger partial charge in [0, 0.05) is 5.56 Å². The molecule has 242 valence electrons. The van der Waals surface area contributed by atoms with Crippen molar-refractivity contribution in [2.24, 2.45) is 0 Å². The van der Waals surface area contributed by atoms with E-state index in [0.717, 1.165) is 48.1 Å². The van der Waals surface area contributed by atoms with Crippen LogP contribution in [0.1, 0.15) is 139 Å². The van der Waals surface area contributed by atoms with Gasteiger partial charge in [0.1, 0.15) is 11.5 Å². The predicted octanol–water partition coefficient (Wildman–Crippen LogP) is 8.75. The first-order chi connectivity index (χ1) is 21.0. The van der Waals surface area contributed by atoms with Gasteiger partial charge in [-0.2, -0.15) is 0 Å². The average Bonchev–Trinajstić information content (AvgIpc) is 3.03. The smallest absolute Gasteiger partial charge is 0.178 e. The van der Waals surface area contributed by atoms with Crippen LogP contribution < -0.4 is 20.7 Å². The van der Waals surface area contributed by atoms with E-state index in [1.165, 1.54) is 89.0 Å². The van der Waals surface area contributed by atoms with Crippen molar-refractivity contribution < 1.29 is 9.84 Å². The van der Waals surface area contributed by atoms with E-state index in [-0.39, 0.29) is 6.04 Å². The first kappa shape index (κ1) is 35.4. The fourth-order valence-electron chi connectivity index (χ4n) is 7.33. The van der Waals surface area contributed by atoms with Crippen molar-refractivity contribution in [3.63, 3.8) is 0 Å². The largest absolute Gasteiger partial charge is 0.508 e. The van der Waals surface area contributed by atoms with Crippen LogP contribution in [0.5, 0.6) is 11.5 Å². The summed E-state index contributed by atoms with van der Waals surface area (Å²) in [5, 5.41) is 21.9. The summed E-state index contributed by atoms with van der Waals surface area (Å²) in [6, 6.07) is 13.0. The topological polar surface area (TPSA) is 65.5 Å². The molecule has 0 aliphatic carbocycles. The first-order valence-electron chi connectivity index (χ1n) is 17.7. The number of aryl methyl sites for hydroxylation is 2. The minimum absolute atomic E-state index is 0.0996. The molecule has 0 saturated carbocycles. The van der Waals surface area contributed by atoms with Crippen molar-refractivity contribution in [3.8, 4) is 11.5 Å². The van der Waals surface area contributed by atoms with Gasteiger partial charge >= 0.3 is 0 Å². The van der Waals surface area contributed by atoms with Gasteiger partial charge in [-0.1, -0.05) is 116 Å². The van der Waals surface area contributed by atoms with Crippen LogP contribution in [-0.4, -0.2) is 38.0 Å². The van der Waals surface area contributed by atoms with Crippen LogP contribution in [0, 0.1) is 0 Å². The fourth-order valence-corrected chi connectivity index (χ4v) is 7.33. The quantitative estimate of drug-likeness (QED) is 0.109. The molecule has 3 unspecified atom stereocenters. The number of aromatic hydroxyl groups is 1. The third-order valence-electron chi connectivity index (χ3n) is 9.95. The average molecular weight is 594 g/mol. The van der Waals surface area contributed by atoms with Gasteiger partial charge < -0.3 is 20.5 Å². The number of phenols is 1. The van der Waals surface area contributed by atoms with Crippen LogP contribution in [0.25, 0.3) is 0 Å². The molecule has 2 aromatic carbocycles. The van der Waals surface area contributed by atoms with Crippen LogP contribution in [0.3, 0.4) is 0 Å². The van der Waals surface area contributed by atoms with Gasteiger partial charge in [0.15, 0.2) is 5.72 Å². The van der Waals surface area contributed by atoms with Gasteiger partial charge in [0.25, 0.3) is 0 Å². The minimum Gasteiger partial charge on any atom is -0.508 e. The van der Waals surface area contributed by atoms with E-state index >= 15 is 0 Å². The van der Waals surface area contributed by atoms with E-state index in [9.17, 15) is 5.11 Å². The highest BCUT2D eigenvalue weighted by Gasteiger charge is 2.57. The molecule has 0 saturated heterocycles. The molecule has 0 radical (unpaired) electrons. The monoisotopic (exact) mass is 593 g/mol. The van der Waals surface area contributed by atoms with Crippen LogP contribution in [0.15, 0.2) is 36.4 Å². The third kappa shape index (κ3) is 8.55. The Morgan fingerprint density at radius 1 is 0.698 bits per heavy atom. The summed E-state index contributed by atoms with van der Waals surface area (Å²) >= 11 is 0. The van der Waals surface area contributed by atoms with Crippen molar-refractivity contribution in [1.82, 2.24) is 16.0 Å². The summed E-state index contributed by atoms with van der Waals surface area (Å²) < 4.78 is 6.92. The van der Waals surface area contributed by atoms with Gasteiger partial charge in [-0.3, -0.25) is 5.32 Å². The number of hydrogen-bond donors (Lipinski definition) is 4. The number of fused-ring (bicyclic) bond motifs is 1. The van der Waals surface area contributed by atoms with E-state index in [1.54, 1.807) is 0 Å². The summed E-state index contributed by atoms with van der Waals surface area (Å²) in [5.41, 5.74) is 3.51. The van der Waals surface area contributed by atoms with E-state index in [0.29, 0.717) is 5.75 Å². The van der Waals surface area contributed by atoms with Crippen LogP contribution in [0.4, 0.5) is 0 Å². The Morgan fingerprint density at radius 3 is 1.86 bits per heavy atom. The minimum atomic E-state index is -0.612. The van der Waals surface area contributed by atoms with Gasteiger partial charge in [-0.15, -0.1) is 0 Å². The Hall–Kier alpha value is -2.08. The summed E-state index contributed by atoms with van der Waals surface area (Å²) in [4.78, 5) is 0. The number of nitrogens with one attached hydrogen (secondary N) is 3. The van der Waals surface area contributed by atoms with Crippen LogP contribution >= 0.6 is 0 Å². The van der Waals surface area contributed by atoms with E-state index in [2.05, 4.69) is 74.1 Å². The molecule has 1 aliphatic rings. The maximum Gasteiger partial charge on any atom is 0.178 e. The summed E-state index contributed by atoms with van der Waals surface area (Å²) in [6.45, 7) is 6.73. The van der Waals surface area contributed by atoms with Gasteiger partial charge in [0.2, 0.25) is 0 Å². The Bertz CT molecular complexity index is 1080. The van der Waals surface area contributed by atoms with Crippen molar-refractivity contribution >= 4 is 0 Å². The van der Waals surface area contributed by atoms with E-state index in [1.807, 2.05) is 20.2 Å². The molecule has 5 nitrogen and oxygen atoms in total. The maximum atomic E-state index is 10.9. The fraction of sp³-hybridized carbons (Fsp3) is 0.684. The highest BCUT2D eigenvalue weighted by molar-refractivity contribution is 5.55. The third-order valence-corrected chi connectivity index (χ3v) is 9.95. The highest BCUT2D eigenvalue weighted by Crippen LogP contribution is 2.48. The van der Waals surface area contributed by atoms with Gasteiger partial charge in [-0.25, -0.2) is 0 Å². The van der Waals surface area contributed by atoms with Crippen molar-refractivity contribution in [1.29, 1.82) is 0 Å². The summed E-state index contributed by atoms with van der Waals surface area (Å²) in [7, 11) is 6.09. The van der Waals surface area contributed by atoms with E-state index < -0.39 is 11.3 Å². The number of rotatable bonds is 21. The lowest BCUT2D eigenvalue weighted by molar-refractivity contribution is -0.0458. The zero-order valence-corrected chi connectivity index (χ0v) is 28.4. The van der Waals surface area contributed by atoms with Crippen molar-refractivity contribution in [2.75, 3.05) is 21.1 Å². The predicted molar refractivity (Wildman–Crippen MR) is 183 cm³/mol. The SMILES string of the molecule is CCCCCCCCCc1ccc2c(c1)OC(CC)(NC)C(NC)C2(NC)c1ccc(O)c(CCCCCCCCC)c1. The normalized spacial score (nSPS) is 21.5. The second kappa shape index (κ2) is 18.0. The Kier molecular flexibility index (Phi) is 14.8. The number of benzene rings is 2. The zero-order valence-electron chi connectivity index (χ0n) is 28.4. The lowest BCUT2D eigenvalue weighted by atomic mass is 9.69. The lowest BCUT2D eigenvalue weighted by Crippen LogP contribution is -2.74. The number of unbranched alkanes of at least 4 members (excludes halogenated alkanes) is 12. The number of ether oxygens (including phenoxy) is 1. The Balaban J connectivity index is 1.91. The zero-order chi connectivity index (χ0) is 31.1. The van der Waals surface area contributed by atoms with Crippen molar-refractivity contribution in [2.45, 2.75) is 147 Å². The molecular formula is C38H63N3O2. The molecule has 0 spiro atoms. The number of hydrogen-bond acceptors (Lipinski definition) is 5. The molecular weight excluding hydrogens is 530 g/mol. The molecule has 0 bridgehead atoms. The van der Waals surface area contributed by atoms with Crippen LogP contribution in [-0.2, 0) is 18.4 Å². The van der Waals surface area contributed by atoms with Crippen molar-refractivity contribution in [3.05, 3.63) is 58.7 Å². The number of phenolic OH excluding ortho intramolecular Hbond substituents is 1. The second-order valence-electron chi connectivity index (χ2n) is 12.8. The van der Waals surface area contributed by atoms with Gasteiger partial charge in [0.05, 0.1) is 11.6 Å². The van der Waals surface area contributed by atoms with Crippen LogP contribution in [0.2, 0.25) is 0 Å². The molecule has 3 rings (SSSR count). The molecule has 3 atom stereocenters. The molecule has 0 fully saturated rings. The standard InChI is InChI=1S/C38H63N3O2/c1-7-10-12-14-16-18-20-22-30-24-26-33-35(28-30)43-37(9-3,40-5)36(39-4)38(33,41-6)32-25-27-34(42)31(29-32)23-21-19-17-15-13-11-8-2/h24-29,36,39-42H,7-23H2,1-6H3. The highest BCUT2D eigenvalue weighted by atomic mass is 16.5. The molecule has 0 amide bonds. The Morgan fingerprint density at radius 2 is 1.30 bits per heavy atom. The summed E-state index contributed by atoms with van der Waals surface area (Å²) in [6.07, 6.45) is 20.8. The van der Waals surface area contributed by atoms with E-state index in [4.69, 9.17) is 4.74 Å². The second-order valence-corrected chi connectivity index (χ2v) is 12.8. The first-order valence-corrected chi connectivity index (χ1v) is 17.7. The molecule has 0 aromatic heterocycles. The molecule has 2 aromatic rings. The molecule has 5 heteroatoms. The van der Waals surface area contributed by atoms with Gasteiger partial charge in [-0.05, 0) is 88.1 Å². The maximum absolute atomic E-state index is 10.9. The summed E-state index contributed by atoms with van der Waals surface area (Å²) in [5.74, 6) is 1.34. The lowest BCUT2D eigenvalue weighted by Gasteiger charge is -2.55. The Labute approximate surface area is 264 Å².